The molecule has 1 atom stereocenters. The third-order valence-corrected chi connectivity index (χ3v) is 5.83. The molecule has 0 aliphatic carbocycles. The zero-order valence-electron chi connectivity index (χ0n) is 15.5. The van der Waals surface area contributed by atoms with E-state index in [2.05, 4.69) is 58.8 Å². The molecule has 1 fully saturated rings. The Hall–Kier alpha value is -0.340. The van der Waals surface area contributed by atoms with Crippen molar-refractivity contribution >= 4 is 41.3 Å². The van der Waals surface area contributed by atoms with Crippen molar-refractivity contribution in [3.05, 3.63) is 22.4 Å². The molecule has 0 aromatic carbocycles. The molecule has 0 spiro atoms. The fourth-order valence-corrected chi connectivity index (χ4v) is 3.84. The molecule has 0 radical (unpaired) electrons. The topological polar surface area (TPSA) is 39.7 Å². The molecule has 1 aromatic rings. The summed E-state index contributed by atoms with van der Waals surface area (Å²) in [6.07, 6.45) is 4.04. The molecule has 1 aliphatic heterocycles. The molecule has 0 bridgehead atoms. The maximum Gasteiger partial charge on any atom is 0.191 e. The fraction of sp³-hybridized carbons (Fsp3) is 0.722. The first kappa shape index (κ1) is 21.7. The molecular weight excluding hydrogens is 431 g/mol. The second kappa shape index (κ2) is 10.6. The number of hydrogen-bond donors (Lipinski definition) is 2. The fourth-order valence-electron chi connectivity index (χ4n) is 3.05. The van der Waals surface area contributed by atoms with Crippen LogP contribution >= 0.6 is 35.3 Å². The van der Waals surface area contributed by atoms with Crippen LogP contribution in [-0.2, 0) is 0 Å². The van der Waals surface area contributed by atoms with Crippen LogP contribution in [0.5, 0.6) is 0 Å². The van der Waals surface area contributed by atoms with E-state index in [9.17, 15) is 0 Å². The highest BCUT2D eigenvalue weighted by Crippen LogP contribution is 2.20. The van der Waals surface area contributed by atoms with E-state index in [0.29, 0.717) is 5.92 Å². The summed E-state index contributed by atoms with van der Waals surface area (Å²) in [7, 11) is 1.85. The van der Waals surface area contributed by atoms with Gasteiger partial charge in [-0.2, -0.15) is 0 Å². The molecule has 138 valence electrons. The number of nitrogens with zero attached hydrogens (tertiary/aromatic N) is 2. The Morgan fingerprint density at radius 2 is 2.00 bits per heavy atom. The van der Waals surface area contributed by atoms with E-state index in [1.54, 1.807) is 0 Å². The van der Waals surface area contributed by atoms with Crippen LogP contribution in [0.15, 0.2) is 22.5 Å². The van der Waals surface area contributed by atoms with Crippen molar-refractivity contribution in [2.24, 2.45) is 4.99 Å². The van der Waals surface area contributed by atoms with Crippen LogP contribution in [0, 0.1) is 0 Å². The number of nitrogens with one attached hydrogen (secondary N) is 2. The highest BCUT2D eigenvalue weighted by Gasteiger charge is 2.27. The van der Waals surface area contributed by atoms with Crippen LogP contribution in [0.4, 0.5) is 0 Å². The molecule has 1 aliphatic rings. The van der Waals surface area contributed by atoms with Crippen molar-refractivity contribution in [2.45, 2.75) is 51.5 Å². The standard InChI is InChI=1S/C18H32N4S.HI/c1-15(16-9-8-12-23-16)13-20-17(19-4)21-14-18(2,3)22-10-6-5-7-11-22;/h8-9,12,15H,5-7,10-11,13-14H2,1-4H3,(H2,19,20,21);1H. The molecule has 4 nitrogen and oxygen atoms in total. The van der Waals surface area contributed by atoms with E-state index < -0.39 is 0 Å². The molecular formula is C18H33IN4S. The summed E-state index contributed by atoms with van der Waals surface area (Å²) in [5.41, 5.74) is 0.164. The number of thiophene rings is 1. The molecule has 0 saturated carbocycles. The number of rotatable bonds is 6. The quantitative estimate of drug-likeness (QED) is 0.381. The van der Waals surface area contributed by atoms with Crippen LogP contribution in [0.3, 0.4) is 0 Å². The first-order valence-electron chi connectivity index (χ1n) is 8.76. The molecule has 0 amide bonds. The van der Waals surface area contributed by atoms with Crippen LogP contribution < -0.4 is 10.6 Å². The SMILES string of the molecule is CN=C(NCC(C)c1cccs1)NCC(C)(C)N1CCCCC1.I. The highest BCUT2D eigenvalue weighted by molar-refractivity contribution is 14.0. The van der Waals surface area contributed by atoms with Gasteiger partial charge in [-0.1, -0.05) is 19.4 Å². The van der Waals surface area contributed by atoms with E-state index in [0.717, 1.165) is 19.0 Å². The molecule has 2 heterocycles. The second-order valence-corrected chi connectivity index (χ2v) is 8.06. The van der Waals surface area contributed by atoms with Crippen molar-refractivity contribution in [2.75, 3.05) is 33.2 Å². The monoisotopic (exact) mass is 464 g/mol. The summed E-state index contributed by atoms with van der Waals surface area (Å²) in [5.74, 6) is 1.40. The number of aliphatic imine (C=N–C) groups is 1. The normalized spacial score (nSPS) is 17.9. The zero-order chi connectivity index (χ0) is 16.7. The van der Waals surface area contributed by atoms with Gasteiger partial charge in [0.05, 0.1) is 0 Å². The van der Waals surface area contributed by atoms with Crippen molar-refractivity contribution in [1.82, 2.24) is 15.5 Å². The average molecular weight is 464 g/mol. The summed E-state index contributed by atoms with van der Waals surface area (Å²) < 4.78 is 0. The predicted octanol–water partition coefficient (Wildman–Crippen LogP) is 3.90. The van der Waals surface area contributed by atoms with Gasteiger partial charge in [0.25, 0.3) is 0 Å². The Balaban J connectivity index is 0.00000288. The minimum absolute atomic E-state index is 0. The molecule has 1 saturated heterocycles. The molecule has 2 N–H and O–H groups in total. The van der Waals surface area contributed by atoms with Gasteiger partial charge in [-0.15, -0.1) is 35.3 Å². The van der Waals surface area contributed by atoms with Crippen LogP contribution in [0.1, 0.15) is 50.8 Å². The van der Waals surface area contributed by atoms with Crippen LogP contribution in [-0.4, -0.2) is 49.6 Å². The van der Waals surface area contributed by atoms with Crippen molar-refractivity contribution in [3.63, 3.8) is 0 Å². The Labute approximate surface area is 168 Å². The first-order valence-corrected chi connectivity index (χ1v) is 9.64. The molecule has 1 unspecified atom stereocenters. The Morgan fingerprint density at radius 1 is 1.29 bits per heavy atom. The van der Waals surface area contributed by atoms with E-state index in [1.807, 2.05) is 18.4 Å². The number of guanidine groups is 1. The third-order valence-electron chi connectivity index (χ3n) is 4.73. The zero-order valence-corrected chi connectivity index (χ0v) is 18.6. The molecule has 6 heteroatoms. The number of hydrogen-bond acceptors (Lipinski definition) is 3. The van der Waals surface area contributed by atoms with Gasteiger partial charge < -0.3 is 10.6 Å². The first-order chi connectivity index (χ1) is 11.0. The lowest BCUT2D eigenvalue weighted by Gasteiger charge is -2.41. The van der Waals surface area contributed by atoms with Crippen LogP contribution in [0.25, 0.3) is 0 Å². The van der Waals surface area contributed by atoms with Gasteiger partial charge >= 0.3 is 0 Å². The Kier molecular flexibility index (Phi) is 9.59. The van der Waals surface area contributed by atoms with Crippen molar-refractivity contribution < 1.29 is 0 Å². The summed E-state index contributed by atoms with van der Waals surface area (Å²) >= 11 is 1.82. The minimum atomic E-state index is 0. The van der Waals surface area contributed by atoms with Gasteiger partial charge in [-0.05, 0) is 51.2 Å². The summed E-state index contributed by atoms with van der Waals surface area (Å²) in [5, 5.41) is 9.11. The largest absolute Gasteiger partial charge is 0.356 e. The maximum atomic E-state index is 4.37. The number of piperidine rings is 1. The maximum absolute atomic E-state index is 4.37. The van der Waals surface area contributed by atoms with Gasteiger partial charge in [0, 0.05) is 36.5 Å². The Bertz CT molecular complexity index is 481. The number of halogens is 1. The van der Waals surface area contributed by atoms with Gasteiger partial charge in [0.2, 0.25) is 0 Å². The summed E-state index contributed by atoms with van der Waals surface area (Å²) in [4.78, 5) is 8.39. The highest BCUT2D eigenvalue weighted by atomic mass is 127. The minimum Gasteiger partial charge on any atom is -0.356 e. The van der Waals surface area contributed by atoms with Gasteiger partial charge in [0.1, 0.15) is 0 Å². The smallest absolute Gasteiger partial charge is 0.191 e. The molecule has 1 aromatic heterocycles. The van der Waals surface area contributed by atoms with Gasteiger partial charge in [0.15, 0.2) is 5.96 Å². The lowest BCUT2D eigenvalue weighted by atomic mass is 9.98. The van der Waals surface area contributed by atoms with Crippen molar-refractivity contribution in [1.29, 1.82) is 0 Å². The third kappa shape index (κ3) is 6.52. The average Bonchev–Trinajstić information content (AvgIpc) is 3.10. The lowest BCUT2D eigenvalue weighted by Crippen LogP contribution is -2.55. The van der Waals surface area contributed by atoms with Crippen LogP contribution in [0.2, 0.25) is 0 Å². The van der Waals surface area contributed by atoms with E-state index >= 15 is 0 Å². The molecule has 24 heavy (non-hydrogen) atoms. The predicted molar refractivity (Wildman–Crippen MR) is 117 cm³/mol. The summed E-state index contributed by atoms with van der Waals surface area (Å²) in [6, 6.07) is 4.32. The van der Waals surface area contributed by atoms with E-state index in [1.165, 1.54) is 37.2 Å². The second-order valence-electron chi connectivity index (χ2n) is 7.08. The number of likely N-dealkylation sites (tertiary alicyclic amines) is 1. The van der Waals surface area contributed by atoms with E-state index in [4.69, 9.17) is 0 Å². The molecule has 2 rings (SSSR count). The van der Waals surface area contributed by atoms with Gasteiger partial charge in [-0.25, -0.2) is 0 Å². The summed E-state index contributed by atoms with van der Waals surface area (Å²) in [6.45, 7) is 11.2. The Morgan fingerprint density at radius 3 is 2.58 bits per heavy atom. The van der Waals surface area contributed by atoms with Gasteiger partial charge in [-0.3, -0.25) is 9.89 Å². The van der Waals surface area contributed by atoms with Crippen molar-refractivity contribution in [3.8, 4) is 0 Å². The van der Waals surface area contributed by atoms with E-state index in [-0.39, 0.29) is 29.5 Å². The lowest BCUT2D eigenvalue weighted by molar-refractivity contribution is 0.0982.